The SMILES string of the molecule is CCOc1ccc(-c2noc(C3=C(C)N(c4cccc(CC)c4)C(=O)NC3c3ccc(C)cc3)n2)cc1. The largest absolute Gasteiger partial charge is 0.494 e. The predicted molar refractivity (Wildman–Crippen MR) is 144 cm³/mol. The number of nitrogens with zero attached hydrogens (tertiary/aromatic N) is 3. The van der Waals surface area contributed by atoms with Crippen molar-refractivity contribution in [2.75, 3.05) is 11.5 Å². The smallest absolute Gasteiger partial charge is 0.326 e. The summed E-state index contributed by atoms with van der Waals surface area (Å²) >= 11 is 0. The summed E-state index contributed by atoms with van der Waals surface area (Å²) in [6.45, 7) is 8.61. The van der Waals surface area contributed by atoms with E-state index in [0.29, 0.717) is 18.3 Å². The maximum Gasteiger partial charge on any atom is 0.326 e. The zero-order valence-corrected chi connectivity index (χ0v) is 21.5. The molecule has 3 aromatic carbocycles. The fraction of sp³-hybridized carbons (Fsp3) is 0.233. The molecule has 0 spiro atoms. The van der Waals surface area contributed by atoms with Crippen molar-refractivity contribution < 1.29 is 14.1 Å². The van der Waals surface area contributed by atoms with Crippen molar-refractivity contribution in [3.8, 4) is 17.1 Å². The Kier molecular flexibility index (Phi) is 6.77. The molecule has 2 amide bonds. The van der Waals surface area contributed by atoms with E-state index in [2.05, 4.69) is 23.5 Å². The topological polar surface area (TPSA) is 80.5 Å². The molecule has 1 N–H and O–H groups in total. The lowest BCUT2D eigenvalue weighted by atomic mass is 9.94. The maximum atomic E-state index is 13.4. The first-order valence-electron chi connectivity index (χ1n) is 12.5. The van der Waals surface area contributed by atoms with Gasteiger partial charge in [0.05, 0.1) is 23.9 Å². The molecule has 37 heavy (non-hydrogen) atoms. The van der Waals surface area contributed by atoms with Gasteiger partial charge in [-0.1, -0.05) is 54.0 Å². The van der Waals surface area contributed by atoms with Gasteiger partial charge in [-0.2, -0.15) is 4.98 Å². The third-order valence-corrected chi connectivity index (χ3v) is 6.55. The van der Waals surface area contributed by atoms with Gasteiger partial charge < -0.3 is 14.6 Å². The Morgan fingerprint density at radius 1 is 1.00 bits per heavy atom. The summed E-state index contributed by atoms with van der Waals surface area (Å²) in [6.07, 6.45) is 0.875. The van der Waals surface area contributed by atoms with E-state index in [1.807, 2.05) is 87.5 Å². The molecule has 5 rings (SSSR count). The molecule has 0 bridgehead atoms. The molecule has 188 valence electrons. The number of urea groups is 1. The number of carbonyl (C=O) groups is 1. The van der Waals surface area contributed by atoms with E-state index in [1.165, 1.54) is 0 Å². The molecule has 0 radical (unpaired) electrons. The highest BCUT2D eigenvalue weighted by molar-refractivity contribution is 6.01. The van der Waals surface area contributed by atoms with Crippen LogP contribution in [0.25, 0.3) is 17.0 Å². The van der Waals surface area contributed by atoms with Gasteiger partial charge in [0.1, 0.15) is 5.75 Å². The highest BCUT2D eigenvalue weighted by Crippen LogP contribution is 2.39. The fourth-order valence-electron chi connectivity index (χ4n) is 4.57. The van der Waals surface area contributed by atoms with Crippen molar-refractivity contribution in [1.82, 2.24) is 15.5 Å². The number of hydrogen-bond acceptors (Lipinski definition) is 5. The number of allylic oxidation sites excluding steroid dienone is 1. The molecule has 0 aliphatic carbocycles. The summed E-state index contributed by atoms with van der Waals surface area (Å²) in [6, 6.07) is 23.0. The van der Waals surface area contributed by atoms with E-state index in [1.54, 1.807) is 4.90 Å². The third kappa shape index (κ3) is 4.85. The highest BCUT2D eigenvalue weighted by Gasteiger charge is 2.36. The molecule has 1 atom stereocenters. The minimum atomic E-state index is -0.438. The van der Waals surface area contributed by atoms with Gasteiger partial charge in [-0.15, -0.1) is 0 Å². The molecular formula is C30H30N4O3. The molecule has 2 heterocycles. The molecule has 0 fully saturated rings. The maximum absolute atomic E-state index is 13.4. The van der Waals surface area contributed by atoms with Gasteiger partial charge in [0, 0.05) is 11.3 Å². The normalized spacial score (nSPS) is 15.6. The number of aromatic nitrogens is 2. The van der Waals surface area contributed by atoms with Crippen LogP contribution in [0.1, 0.15) is 49.4 Å². The molecule has 4 aromatic rings. The standard InChI is InChI=1S/C30H30N4O3/c1-5-21-8-7-9-24(18-21)34-20(4)26(27(31-30(34)35)22-12-10-19(3)11-13-22)29-32-28(33-37-29)23-14-16-25(17-15-23)36-6-2/h7-18,27H,5-6H2,1-4H3,(H,31,35). The number of anilines is 1. The number of aryl methyl sites for hydroxylation is 2. The van der Waals surface area contributed by atoms with Gasteiger partial charge in [0.15, 0.2) is 0 Å². The lowest BCUT2D eigenvalue weighted by Gasteiger charge is -2.35. The van der Waals surface area contributed by atoms with Crippen molar-refractivity contribution in [1.29, 1.82) is 0 Å². The fourth-order valence-corrected chi connectivity index (χ4v) is 4.57. The number of benzene rings is 3. The summed E-state index contributed by atoms with van der Waals surface area (Å²) < 4.78 is 11.4. The molecule has 1 aliphatic heterocycles. The summed E-state index contributed by atoms with van der Waals surface area (Å²) in [4.78, 5) is 19.9. The quantitative estimate of drug-likeness (QED) is 0.309. The zero-order valence-electron chi connectivity index (χ0n) is 21.5. The third-order valence-electron chi connectivity index (χ3n) is 6.55. The molecule has 7 heteroatoms. The average molecular weight is 495 g/mol. The van der Waals surface area contributed by atoms with E-state index in [4.69, 9.17) is 14.2 Å². The Balaban J connectivity index is 1.60. The summed E-state index contributed by atoms with van der Waals surface area (Å²) in [5.41, 5.74) is 6.34. The van der Waals surface area contributed by atoms with Crippen molar-refractivity contribution in [2.45, 2.75) is 40.2 Å². The first-order valence-corrected chi connectivity index (χ1v) is 12.5. The van der Waals surface area contributed by atoms with Gasteiger partial charge in [-0.25, -0.2) is 4.79 Å². The average Bonchev–Trinajstić information content (AvgIpc) is 3.39. The van der Waals surface area contributed by atoms with Gasteiger partial charge in [-0.05, 0) is 74.7 Å². The van der Waals surface area contributed by atoms with Crippen LogP contribution in [0.2, 0.25) is 0 Å². The van der Waals surface area contributed by atoms with Crippen LogP contribution in [0.3, 0.4) is 0 Å². The minimum Gasteiger partial charge on any atom is -0.494 e. The van der Waals surface area contributed by atoms with Crippen molar-refractivity contribution in [3.63, 3.8) is 0 Å². The van der Waals surface area contributed by atoms with Crippen LogP contribution >= 0.6 is 0 Å². The summed E-state index contributed by atoms with van der Waals surface area (Å²) in [5, 5.41) is 7.44. The first-order chi connectivity index (χ1) is 18.0. The number of hydrogen-bond donors (Lipinski definition) is 1. The van der Waals surface area contributed by atoms with Crippen LogP contribution < -0.4 is 15.0 Å². The number of ether oxygens (including phenoxy) is 1. The van der Waals surface area contributed by atoms with Crippen molar-refractivity contribution >= 4 is 17.3 Å². The van der Waals surface area contributed by atoms with Crippen LogP contribution in [0.5, 0.6) is 5.75 Å². The molecule has 1 aromatic heterocycles. The van der Waals surface area contributed by atoms with Gasteiger partial charge >= 0.3 is 6.03 Å². The Morgan fingerprint density at radius 2 is 1.76 bits per heavy atom. The number of amides is 2. The molecule has 7 nitrogen and oxygen atoms in total. The monoisotopic (exact) mass is 494 g/mol. The number of carbonyl (C=O) groups excluding carboxylic acids is 1. The lowest BCUT2D eigenvalue weighted by molar-refractivity contribution is 0.244. The van der Waals surface area contributed by atoms with E-state index in [-0.39, 0.29) is 6.03 Å². The van der Waals surface area contributed by atoms with E-state index < -0.39 is 6.04 Å². The Labute approximate surface area is 216 Å². The molecule has 1 aliphatic rings. The van der Waals surface area contributed by atoms with Crippen LogP contribution in [-0.4, -0.2) is 22.8 Å². The molecule has 0 saturated carbocycles. The van der Waals surface area contributed by atoms with Crippen molar-refractivity contribution in [3.05, 3.63) is 101 Å². The predicted octanol–water partition coefficient (Wildman–Crippen LogP) is 6.71. The van der Waals surface area contributed by atoms with Crippen LogP contribution in [0.4, 0.5) is 10.5 Å². The lowest BCUT2D eigenvalue weighted by Crippen LogP contribution is -2.46. The van der Waals surface area contributed by atoms with Gasteiger partial charge in [0.25, 0.3) is 5.89 Å². The summed E-state index contributed by atoms with van der Waals surface area (Å²) in [7, 11) is 0. The Hall–Kier alpha value is -4.39. The number of nitrogens with one attached hydrogen (secondary N) is 1. The second-order valence-electron chi connectivity index (χ2n) is 9.03. The van der Waals surface area contributed by atoms with Gasteiger partial charge in [0.2, 0.25) is 5.82 Å². The number of rotatable bonds is 7. The second-order valence-corrected chi connectivity index (χ2v) is 9.03. The molecule has 0 saturated heterocycles. The Bertz CT molecular complexity index is 1440. The van der Waals surface area contributed by atoms with Crippen molar-refractivity contribution in [2.24, 2.45) is 0 Å². The Morgan fingerprint density at radius 3 is 2.46 bits per heavy atom. The minimum absolute atomic E-state index is 0.202. The van der Waals surface area contributed by atoms with Crippen LogP contribution in [0, 0.1) is 6.92 Å². The second kappa shape index (κ2) is 10.3. The highest BCUT2D eigenvalue weighted by atomic mass is 16.5. The van der Waals surface area contributed by atoms with Gasteiger partial charge in [-0.3, -0.25) is 4.90 Å². The van der Waals surface area contributed by atoms with Crippen LogP contribution in [-0.2, 0) is 6.42 Å². The van der Waals surface area contributed by atoms with Crippen LogP contribution in [0.15, 0.2) is 83.0 Å². The first kappa shape index (κ1) is 24.3. The zero-order chi connectivity index (χ0) is 25.9. The van der Waals surface area contributed by atoms with E-state index >= 15 is 0 Å². The molecular weight excluding hydrogens is 464 g/mol. The van der Waals surface area contributed by atoms with E-state index in [9.17, 15) is 4.79 Å². The van der Waals surface area contributed by atoms with E-state index in [0.717, 1.165) is 51.4 Å². The molecule has 1 unspecified atom stereocenters. The summed E-state index contributed by atoms with van der Waals surface area (Å²) in [5.74, 6) is 1.62.